The number of aromatic nitrogens is 4. The van der Waals surface area contributed by atoms with Crippen LogP contribution >= 0.6 is 23.2 Å². The highest BCUT2D eigenvalue weighted by atomic mass is 35.5. The molecule has 0 bridgehead atoms. The summed E-state index contributed by atoms with van der Waals surface area (Å²) in [5.41, 5.74) is 8.70. The van der Waals surface area contributed by atoms with Gasteiger partial charge in [0.15, 0.2) is 11.6 Å². The molecule has 0 saturated heterocycles. The molecule has 13 heteroatoms. The lowest BCUT2D eigenvalue weighted by Gasteiger charge is -2.35. The predicted octanol–water partition coefficient (Wildman–Crippen LogP) is 10.8. The first-order valence-electron chi connectivity index (χ1n) is 19.0. The van der Waals surface area contributed by atoms with E-state index in [0.29, 0.717) is 57.5 Å². The molecule has 58 heavy (non-hydrogen) atoms. The topological polar surface area (TPSA) is 94.5 Å². The number of ether oxygens (including phenoxy) is 1. The Hall–Kier alpha value is -5.65. The van der Waals surface area contributed by atoms with Gasteiger partial charge in [-0.3, -0.25) is 14.4 Å². The number of rotatable bonds is 10. The summed E-state index contributed by atoms with van der Waals surface area (Å²) < 4.78 is 40.5. The van der Waals surface area contributed by atoms with E-state index in [9.17, 15) is 18.7 Å². The second-order valence-electron chi connectivity index (χ2n) is 15.2. The van der Waals surface area contributed by atoms with E-state index < -0.39 is 17.6 Å². The summed E-state index contributed by atoms with van der Waals surface area (Å²) in [7, 11) is 1.89. The molecule has 0 saturated carbocycles. The molecule has 9 nitrogen and oxygen atoms in total. The number of benzene rings is 4. The van der Waals surface area contributed by atoms with Crippen LogP contribution in [0.3, 0.4) is 0 Å². The molecule has 0 radical (unpaired) electrons. The Morgan fingerprint density at radius 2 is 1.69 bits per heavy atom. The zero-order chi connectivity index (χ0) is 41.3. The normalized spacial score (nSPS) is 14.2. The number of carboxylic acids is 1. The largest absolute Gasteiger partial charge is 0.494 e. The molecule has 0 unspecified atom stereocenters. The van der Waals surface area contributed by atoms with Crippen molar-refractivity contribution in [3.63, 3.8) is 0 Å². The summed E-state index contributed by atoms with van der Waals surface area (Å²) in [6.45, 7) is 10.6. The molecule has 0 aliphatic carbocycles. The number of aromatic carboxylic acids is 1. The van der Waals surface area contributed by atoms with Crippen LogP contribution in [0.1, 0.15) is 73.9 Å². The van der Waals surface area contributed by atoms with Gasteiger partial charge in [0.1, 0.15) is 17.3 Å². The molecular formula is C45H41Cl2F2N5O4. The van der Waals surface area contributed by atoms with Crippen molar-refractivity contribution in [1.82, 2.24) is 18.9 Å². The Balaban J connectivity index is 1.28. The van der Waals surface area contributed by atoms with Crippen LogP contribution < -0.4 is 9.64 Å². The van der Waals surface area contributed by atoms with E-state index in [1.807, 2.05) is 68.3 Å². The van der Waals surface area contributed by atoms with Crippen LogP contribution in [-0.4, -0.2) is 49.0 Å². The third kappa shape index (κ3) is 6.60. The van der Waals surface area contributed by atoms with Crippen molar-refractivity contribution in [2.75, 3.05) is 18.1 Å². The number of nitrogens with zero attached hydrogens (tertiary/aromatic N) is 5. The molecule has 4 aromatic carbocycles. The first kappa shape index (κ1) is 39.2. The van der Waals surface area contributed by atoms with Gasteiger partial charge >= 0.3 is 5.97 Å². The van der Waals surface area contributed by atoms with Crippen molar-refractivity contribution in [2.45, 2.75) is 60.0 Å². The van der Waals surface area contributed by atoms with E-state index >= 15 is 4.79 Å². The van der Waals surface area contributed by atoms with Crippen molar-refractivity contribution >= 4 is 62.7 Å². The summed E-state index contributed by atoms with van der Waals surface area (Å²) in [5.74, 6) is -2.09. The smallest absolute Gasteiger partial charge is 0.335 e. The number of anilines is 1. The van der Waals surface area contributed by atoms with Crippen LogP contribution in [0.2, 0.25) is 10.0 Å². The van der Waals surface area contributed by atoms with Crippen LogP contribution in [0, 0.1) is 39.3 Å². The molecule has 1 atom stereocenters. The van der Waals surface area contributed by atoms with Gasteiger partial charge in [0, 0.05) is 58.8 Å². The number of carbonyl (C=O) groups excluding carboxylic acids is 1. The molecule has 8 rings (SSSR count). The molecule has 298 valence electrons. The lowest BCUT2D eigenvalue weighted by Crippen LogP contribution is -2.43. The minimum absolute atomic E-state index is 0.0846. The monoisotopic (exact) mass is 823 g/mol. The Labute approximate surface area is 344 Å². The first-order valence-corrected chi connectivity index (χ1v) is 19.8. The number of hydrogen-bond donors (Lipinski definition) is 1. The van der Waals surface area contributed by atoms with Crippen LogP contribution in [0.25, 0.3) is 32.9 Å². The highest BCUT2D eigenvalue weighted by molar-refractivity contribution is 6.35. The standard InChI is InChI=1S/C45H41Cl2F2N5O4/c1-23-16-31(17-24(2)41(23)47)58-15-7-8-32-33-11-12-34(46)40(39-26(4)50-51(6)27(39)5)42(33)54-25(3)21-53(44(55)43(32)54)38-20-30-19-29(45(56)57)10-14-37(30)52(38)22-28-9-13-35(48)36(49)18-28/h9-14,16-20,25H,7-8,15,21-22H2,1-6H3,(H,56,57)/t25-/m1/s1. The third-order valence-corrected chi connectivity index (χ3v) is 12.2. The molecule has 1 amide bonds. The SMILES string of the molecule is Cc1cc(OCCCc2c3n(c4c(-c5c(C)nn(C)c5C)c(Cl)ccc24)[C@H](C)CN(c2cc4cc(C(=O)O)ccc4n2Cc2ccc(F)c(F)c2)C3=O)cc(C)c1Cl. The van der Waals surface area contributed by atoms with Gasteiger partial charge < -0.3 is 19.0 Å². The van der Waals surface area contributed by atoms with Gasteiger partial charge in [-0.05, 0) is 124 Å². The number of carboxylic acid groups (broad SMARTS) is 1. The molecular weight excluding hydrogens is 783 g/mol. The third-order valence-electron chi connectivity index (χ3n) is 11.3. The maximum Gasteiger partial charge on any atom is 0.335 e. The molecule has 1 N–H and O–H groups in total. The van der Waals surface area contributed by atoms with Crippen LogP contribution in [0.15, 0.2) is 66.7 Å². The van der Waals surface area contributed by atoms with E-state index in [2.05, 4.69) is 11.5 Å². The van der Waals surface area contributed by atoms with Gasteiger partial charge in [-0.1, -0.05) is 35.3 Å². The number of amides is 1. The maximum atomic E-state index is 15.3. The summed E-state index contributed by atoms with van der Waals surface area (Å²) in [4.78, 5) is 29.0. The average molecular weight is 825 g/mol. The molecule has 1 aliphatic rings. The number of halogens is 4. The average Bonchev–Trinajstić information content (AvgIpc) is 3.79. The summed E-state index contributed by atoms with van der Waals surface area (Å²) in [6.07, 6.45) is 1.09. The molecule has 3 aromatic heterocycles. The fourth-order valence-corrected chi connectivity index (χ4v) is 8.88. The Morgan fingerprint density at radius 1 is 0.948 bits per heavy atom. The van der Waals surface area contributed by atoms with Crippen LogP contribution in [0.4, 0.5) is 14.6 Å². The minimum Gasteiger partial charge on any atom is -0.494 e. The van der Waals surface area contributed by atoms with Crippen molar-refractivity contribution in [3.05, 3.63) is 133 Å². The zero-order valence-corrected chi connectivity index (χ0v) is 34.4. The van der Waals surface area contributed by atoms with Crippen molar-refractivity contribution in [3.8, 4) is 16.9 Å². The molecule has 7 aromatic rings. The van der Waals surface area contributed by atoms with E-state index in [4.69, 9.17) is 33.0 Å². The number of fused-ring (bicyclic) bond motifs is 4. The van der Waals surface area contributed by atoms with Gasteiger partial charge in [0.25, 0.3) is 5.91 Å². The second-order valence-corrected chi connectivity index (χ2v) is 16.0. The molecule has 0 spiro atoms. The highest BCUT2D eigenvalue weighted by Gasteiger charge is 2.38. The van der Waals surface area contributed by atoms with Crippen LogP contribution in [0.5, 0.6) is 5.75 Å². The van der Waals surface area contributed by atoms with Gasteiger partial charge in [-0.15, -0.1) is 0 Å². The number of hydrogen-bond acceptors (Lipinski definition) is 4. The highest BCUT2D eigenvalue weighted by Crippen LogP contribution is 2.45. The van der Waals surface area contributed by atoms with Crippen molar-refractivity contribution in [2.24, 2.45) is 7.05 Å². The number of aryl methyl sites for hydroxylation is 5. The maximum absolute atomic E-state index is 15.3. The lowest BCUT2D eigenvalue weighted by molar-refractivity contribution is 0.0696. The second kappa shape index (κ2) is 14.9. The van der Waals surface area contributed by atoms with Crippen molar-refractivity contribution < 1.29 is 28.2 Å². The van der Waals surface area contributed by atoms with Crippen molar-refractivity contribution in [1.29, 1.82) is 0 Å². The van der Waals surface area contributed by atoms with Gasteiger partial charge in [-0.25, -0.2) is 13.6 Å². The predicted molar refractivity (Wildman–Crippen MR) is 224 cm³/mol. The summed E-state index contributed by atoms with van der Waals surface area (Å²) in [6, 6.07) is 17.7. The molecule has 0 fully saturated rings. The van der Waals surface area contributed by atoms with Gasteiger partial charge in [0.05, 0.1) is 33.9 Å². The first-order chi connectivity index (χ1) is 27.6. The van der Waals surface area contributed by atoms with Gasteiger partial charge in [-0.2, -0.15) is 5.10 Å². The fourth-order valence-electron chi connectivity index (χ4n) is 8.53. The van der Waals surface area contributed by atoms with E-state index in [1.165, 1.54) is 12.1 Å². The Kier molecular flexibility index (Phi) is 10.1. The minimum atomic E-state index is -1.09. The number of carbonyl (C=O) groups is 2. The zero-order valence-electron chi connectivity index (χ0n) is 32.9. The Morgan fingerprint density at radius 3 is 2.36 bits per heavy atom. The van der Waals surface area contributed by atoms with E-state index in [0.717, 1.165) is 68.0 Å². The molecule has 4 heterocycles. The fraction of sp³-hybridized carbons (Fsp3) is 0.267. The van der Waals surface area contributed by atoms with Crippen LogP contribution in [-0.2, 0) is 20.0 Å². The Bertz CT molecular complexity index is 2820. The summed E-state index contributed by atoms with van der Waals surface area (Å²) >= 11 is 13.5. The quantitative estimate of drug-likeness (QED) is 0.139. The summed E-state index contributed by atoms with van der Waals surface area (Å²) in [5, 5.41) is 17.2. The molecule has 1 aliphatic heterocycles. The van der Waals surface area contributed by atoms with Gasteiger partial charge in [0.2, 0.25) is 0 Å². The van der Waals surface area contributed by atoms with E-state index in [-0.39, 0.29) is 30.6 Å². The lowest BCUT2D eigenvalue weighted by atomic mass is 9.98. The van der Waals surface area contributed by atoms with E-state index in [1.54, 1.807) is 23.1 Å².